The van der Waals surface area contributed by atoms with E-state index in [1.165, 1.54) is 65.0 Å². The number of aliphatic hydroxyl groups excluding tert-OH is 1. The molecule has 0 saturated carbocycles. The third-order valence-electron chi connectivity index (χ3n) is 8.25. The lowest BCUT2D eigenvalue weighted by molar-refractivity contribution is 0.281. The van der Waals surface area contributed by atoms with Crippen molar-refractivity contribution in [3.8, 4) is 33.9 Å². The van der Waals surface area contributed by atoms with Gasteiger partial charge < -0.3 is 19.0 Å². The average Bonchev–Trinajstić information content (AvgIpc) is 3.44. The fourth-order valence-corrected chi connectivity index (χ4v) is 7.21. The largest absolute Gasteiger partial charge is 0.455 e. The zero-order valence-corrected chi connectivity index (χ0v) is 27.2. The third kappa shape index (κ3) is 5.47. The molecule has 6 aromatic rings. The van der Waals surface area contributed by atoms with Gasteiger partial charge in [-0.2, -0.15) is 0 Å². The summed E-state index contributed by atoms with van der Waals surface area (Å²) in [7, 11) is -1.42. The van der Waals surface area contributed by atoms with E-state index >= 15 is 4.39 Å². The normalized spacial score (nSPS) is 11.7. The smallest absolute Gasteiger partial charge is 0.275 e. The Bertz CT molecular complexity index is 2420. The first-order chi connectivity index (χ1) is 22.3. The Morgan fingerprint density at radius 1 is 0.809 bits per heavy atom. The van der Waals surface area contributed by atoms with Crippen molar-refractivity contribution in [3.05, 3.63) is 134 Å². The fourth-order valence-electron chi connectivity index (χ4n) is 5.69. The highest BCUT2D eigenvalue weighted by molar-refractivity contribution is 7.90. The maximum Gasteiger partial charge on any atom is 0.275 e. The van der Waals surface area contributed by atoms with E-state index in [1.807, 2.05) is 39.0 Å². The molecule has 1 N–H and O–H groups in total. The summed E-state index contributed by atoms with van der Waals surface area (Å²) in [5.74, 6) is 0.0871. The monoisotopic (exact) mass is 653 g/mol. The molecule has 0 saturated heterocycles. The first-order valence-corrected chi connectivity index (χ1v) is 16.2. The van der Waals surface area contributed by atoms with Gasteiger partial charge in [-0.3, -0.25) is 9.59 Å². The van der Waals surface area contributed by atoms with Crippen LogP contribution in [-0.2, 0) is 30.7 Å². The number of fused-ring (bicyclic) bond motifs is 1. The van der Waals surface area contributed by atoms with Gasteiger partial charge in [0.1, 0.15) is 17.1 Å². The quantitative estimate of drug-likeness (QED) is 0.228. The second kappa shape index (κ2) is 11.8. The molecule has 6 rings (SSSR count). The summed E-state index contributed by atoms with van der Waals surface area (Å²) in [4.78, 5) is 26.9. The predicted octanol–water partition coefficient (Wildman–Crippen LogP) is 5.96. The summed E-state index contributed by atoms with van der Waals surface area (Å²) < 4.78 is 54.4. The van der Waals surface area contributed by atoms with Crippen molar-refractivity contribution in [2.45, 2.75) is 32.3 Å². The molecule has 9 nitrogen and oxygen atoms in total. The topological polar surface area (TPSA) is 113 Å². The Morgan fingerprint density at radius 2 is 1.49 bits per heavy atom. The van der Waals surface area contributed by atoms with Gasteiger partial charge in [0, 0.05) is 48.4 Å². The van der Waals surface area contributed by atoms with Crippen molar-refractivity contribution < 1.29 is 22.7 Å². The fraction of sp³-hybridized carbons (Fsp3) is 0.167. The van der Waals surface area contributed by atoms with Gasteiger partial charge >= 0.3 is 0 Å². The lowest BCUT2D eigenvalue weighted by atomic mass is 10.0. The molecular weight excluding hydrogens is 621 g/mol. The lowest BCUT2D eigenvalue weighted by Crippen LogP contribution is -2.23. The summed E-state index contributed by atoms with van der Waals surface area (Å²) in [6.45, 7) is 5.19. The van der Waals surface area contributed by atoms with Crippen LogP contribution in [0.4, 0.5) is 4.39 Å². The number of hydrogen-bond donors (Lipinski definition) is 1. The zero-order valence-electron chi connectivity index (χ0n) is 26.4. The molecule has 0 fully saturated rings. The number of aliphatic hydroxyl groups is 1. The standard InChI is InChI=1S/C36H32FN3O6S/c1-21-9-12-25(13-10-21)47(44,45)40-31(26-14-11-24(20-41)15-30(26)37)16-28-29(18-39(5)36(43)34(28)40)27-17-33(42)38(4)19-32(27)46-35-22(2)7-6-8-23(35)3/h6-19,41H,20H2,1-5H3. The molecule has 47 heavy (non-hydrogen) atoms. The Balaban J connectivity index is 1.74. The van der Waals surface area contributed by atoms with Gasteiger partial charge in [0.05, 0.1) is 23.4 Å². The number of para-hydroxylation sites is 1. The Morgan fingerprint density at radius 3 is 2.13 bits per heavy atom. The molecule has 240 valence electrons. The number of halogens is 1. The number of ether oxygens (including phenoxy) is 1. The van der Waals surface area contributed by atoms with Crippen molar-refractivity contribution in [1.29, 1.82) is 0 Å². The van der Waals surface area contributed by atoms with Crippen LogP contribution < -0.4 is 15.9 Å². The Labute approximate surface area is 270 Å². The molecule has 0 aliphatic heterocycles. The van der Waals surface area contributed by atoms with E-state index in [1.54, 1.807) is 19.2 Å². The molecular formula is C36H32FN3O6S. The zero-order chi connectivity index (χ0) is 33.8. The lowest BCUT2D eigenvalue weighted by Gasteiger charge is -2.17. The molecule has 0 radical (unpaired) electrons. The van der Waals surface area contributed by atoms with E-state index in [0.29, 0.717) is 28.2 Å². The minimum atomic E-state index is -4.48. The number of rotatable bonds is 7. The maximum absolute atomic E-state index is 15.7. The minimum Gasteiger partial charge on any atom is -0.455 e. The Kier molecular flexibility index (Phi) is 7.98. The summed E-state index contributed by atoms with van der Waals surface area (Å²) in [6, 6.07) is 18.6. The van der Waals surface area contributed by atoms with Crippen LogP contribution in [0.1, 0.15) is 22.3 Å². The van der Waals surface area contributed by atoms with E-state index in [-0.39, 0.29) is 32.6 Å². The molecule has 3 heterocycles. The van der Waals surface area contributed by atoms with Gasteiger partial charge in [-0.15, -0.1) is 0 Å². The number of aryl methyl sites for hydroxylation is 5. The van der Waals surface area contributed by atoms with Gasteiger partial charge in [0.2, 0.25) is 0 Å². The van der Waals surface area contributed by atoms with E-state index in [9.17, 15) is 23.1 Å². The molecule has 0 spiro atoms. The van der Waals surface area contributed by atoms with Gasteiger partial charge in [-0.1, -0.05) is 42.0 Å². The molecule has 0 amide bonds. The van der Waals surface area contributed by atoms with Gasteiger partial charge in [-0.05, 0) is 67.8 Å². The van der Waals surface area contributed by atoms with Crippen molar-refractivity contribution >= 4 is 20.9 Å². The van der Waals surface area contributed by atoms with Crippen molar-refractivity contribution in [2.75, 3.05) is 0 Å². The molecule has 3 aromatic carbocycles. The van der Waals surface area contributed by atoms with Crippen molar-refractivity contribution in [1.82, 2.24) is 13.1 Å². The van der Waals surface area contributed by atoms with Crippen LogP contribution in [0.25, 0.3) is 33.3 Å². The van der Waals surface area contributed by atoms with Gasteiger partial charge in [0.15, 0.2) is 5.75 Å². The first-order valence-electron chi connectivity index (χ1n) is 14.7. The van der Waals surface area contributed by atoms with E-state index in [4.69, 9.17) is 4.74 Å². The number of benzene rings is 3. The summed E-state index contributed by atoms with van der Waals surface area (Å²) in [6.07, 6.45) is 3.05. The van der Waals surface area contributed by atoms with Gasteiger partial charge in [-0.25, -0.2) is 16.8 Å². The van der Waals surface area contributed by atoms with Crippen LogP contribution in [0.15, 0.2) is 99.7 Å². The number of nitrogens with zero attached hydrogens (tertiary/aromatic N) is 3. The second-order valence-electron chi connectivity index (χ2n) is 11.6. The molecule has 11 heteroatoms. The summed E-state index contributed by atoms with van der Waals surface area (Å²) >= 11 is 0. The van der Waals surface area contributed by atoms with E-state index in [0.717, 1.165) is 26.7 Å². The van der Waals surface area contributed by atoms with Crippen LogP contribution in [0, 0.1) is 26.6 Å². The third-order valence-corrected chi connectivity index (χ3v) is 9.98. The van der Waals surface area contributed by atoms with Crippen molar-refractivity contribution in [3.63, 3.8) is 0 Å². The van der Waals surface area contributed by atoms with E-state index in [2.05, 4.69) is 0 Å². The first kappa shape index (κ1) is 31.7. The van der Waals surface area contributed by atoms with Gasteiger partial charge in [0.25, 0.3) is 21.1 Å². The molecule has 0 bridgehead atoms. The van der Waals surface area contributed by atoms with Crippen LogP contribution in [0.2, 0.25) is 0 Å². The number of pyridine rings is 2. The maximum atomic E-state index is 15.7. The highest BCUT2D eigenvalue weighted by Crippen LogP contribution is 2.41. The van der Waals surface area contributed by atoms with Crippen LogP contribution in [0.3, 0.4) is 0 Å². The van der Waals surface area contributed by atoms with Crippen LogP contribution in [0.5, 0.6) is 11.5 Å². The molecule has 3 aromatic heterocycles. The Hall–Kier alpha value is -5.26. The highest BCUT2D eigenvalue weighted by atomic mass is 32.2. The van der Waals surface area contributed by atoms with Crippen LogP contribution in [-0.4, -0.2) is 26.6 Å². The van der Waals surface area contributed by atoms with Crippen LogP contribution >= 0.6 is 0 Å². The number of aromatic nitrogens is 3. The molecule has 0 unspecified atom stereocenters. The van der Waals surface area contributed by atoms with E-state index < -0.39 is 28.0 Å². The molecule has 0 aliphatic rings. The number of hydrogen-bond acceptors (Lipinski definition) is 6. The SMILES string of the molecule is Cc1ccc(S(=O)(=O)n2c(-c3ccc(CO)cc3F)cc3c(-c4cc(=O)n(C)cc4Oc4c(C)cccc4C)cn(C)c(=O)c32)cc1. The average molecular weight is 654 g/mol. The summed E-state index contributed by atoms with van der Waals surface area (Å²) in [5, 5.41) is 9.75. The minimum absolute atomic E-state index is 0.0990. The summed E-state index contributed by atoms with van der Waals surface area (Å²) in [5.41, 5.74) is 2.01. The second-order valence-corrected chi connectivity index (χ2v) is 13.4. The molecule has 0 atom stereocenters. The highest BCUT2D eigenvalue weighted by Gasteiger charge is 2.30. The van der Waals surface area contributed by atoms with Crippen molar-refractivity contribution in [2.24, 2.45) is 14.1 Å². The predicted molar refractivity (Wildman–Crippen MR) is 179 cm³/mol. The molecule has 0 aliphatic carbocycles.